The maximum atomic E-state index is 13.8. The quantitative estimate of drug-likeness (QED) is 0.296. The Morgan fingerprint density at radius 3 is 2.55 bits per heavy atom. The van der Waals surface area contributed by atoms with Crippen molar-refractivity contribution in [1.29, 1.82) is 0 Å². The van der Waals surface area contributed by atoms with Crippen LogP contribution in [0.5, 0.6) is 5.75 Å². The van der Waals surface area contributed by atoms with E-state index in [0.717, 1.165) is 0 Å². The molecule has 1 aliphatic carbocycles. The zero-order valence-corrected chi connectivity index (χ0v) is 22.7. The number of aromatic amines is 1. The predicted molar refractivity (Wildman–Crippen MR) is 137 cm³/mol. The lowest BCUT2D eigenvalue weighted by Gasteiger charge is -2.25. The lowest BCUT2D eigenvalue weighted by atomic mass is 9.96. The van der Waals surface area contributed by atoms with Crippen LogP contribution in [0.4, 0.5) is 0 Å². The third-order valence-corrected chi connectivity index (χ3v) is 8.04. The molecule has 1 aliphatic heterocycles. The van der Waals surface area contributed by atoms with E-state index in [9.17, 15) is 24.1 Å². The third kappa shape index (κ3) is 6.44. The van der Waals surface area contributed by atoms with Crippen LogP contribution in [-0.2, 0) is 23.4 Å². The van der Waals surface area contributed by atoms with E-state index in [1.165, 1.54) is 23.8 Å². The average molecular weight is 552 g/mol. The number of carbonyl (C=O) groups excluding carboxylic acids is 1. The van der Waals surface area contributed by atoms with E-state index in [1.807, 2.05) is 20.8 Å². The highest BCUT2D eigenvalue weighted by Crippen LogP contribution is 2.62. The van der Waals surface area contributed by atoms with Crippen LogP contribution in [0.15, 0.2) is 52.2 Å². The fraction of sp³-hybridized carbons (Fsp3) is 0.560. The minimum atomic E-state index is -4.18. The number of hydrogen-bond acceptors (Lipinski definition) is 9. The van der Waals surface area contributed by atoms with Gasteiger partial charge in [0.2, 0.25) is 0 Å². The molecule has 1 aromatic carbocycles. The first-order chi connectivity index (χ1) is 17.8. The van der Waals surface area contributed by atoms with E-state index in [2.05, 4.69) is 10.1 Å². The van der Waals surface area contributed by atoms with Gasteiger partial charge in [0.15, 0.2) is 0 Å². The van der Waals surface area contributed by atoms with Gasteiger partial charge < -0.3 is 19.1 Å². The molecule has 13 heteroatoms. The number of H-pyrrole nitrogens is 1. The maximum absolute atomic E-state index is 13.8. The highest BCUT2D eigenvalue weighted by Gasteiger charge is 2.64. The lowest BCUT2D eigenvalue weighted by molar-refractivity contribution is -0.148. The summed E-state index contributed by atoms with van der Waals surface area (Å²) in [7, 11) is -4.18. The van der Waals surface area contributed by atoms with Crippen molar-refractivity contribution in [2.24, 2.45) is 10.8 Å². The number of nitrogens with zero attached hydrogens (tertiary/aromatic N) is 1. The number of aliphatic hydroxyl groups excluding tert-OH is 1. The molecule has 4 rings (SSSR count). The van der Waals surface area contributed by atoms with Gasteiger partial charge in [-0.05, 0) is 37.3 Å². The number of hydrogen-bond donors (Lipinski definition) is 3. The number of esters is 1. The Morgan fingerprint density at radius 2 is 1.95 bits per heavy atom. The number of ether oxygens (including phenoxy) is 2. The molecule has 2 fully saturated rings. The Bertz CT molecular complexity index is 1300. The Hall–Kier alpha value is -2.76. The molecule has 3 N–H and O–H groups in total. The number of benzene rings is 1. The number of rotatable bonds is 10. The van der Waals surface area contributed by atoms with Crippen LogP contribution in [0.3, 0.4) is 0 Å². The van der Waals surface area contributed by atoms with Gasteiger partial charge in [-0.1, -0.05) is 39.0 Å². The Kier molecular flexibility index (Phi) is 8.02. The monoisotopic (exact) mass is 551 g/mol. The van der Waals surface area contributed by atoms with Crippen molar-refractivity contribution in [3.63, 3.8) is 0 Å². The van der Waals surface area contributed by atoms with E-state index in [0.29, 0.717) is 12.8 Å². The van der Waals surface area contributed by atoms with E-state index < -0.39 is 54.9 Å². The smallest absolute Gasteiger partial charge is 0.459 e. The largest absolute Gasteiger partial charge is 0.464 e. The van der Waals surface area contributed by atoms with Crippen LogP contribution in [0.2, 0.25) is 0 Å². The molecule has 2 aliphatic rings. The van der Waals surface area contributed by atoms with Crippen molar-refractivity contribution in [2.45, 2.75) is 65.0 Å². The van der Waals surface area contributed by atoms with Gasteiger partial charge >= 0.3 is 19.4 Å². The van der Waals surface area contributed by atoms with Crippen molar-refractivity contribution in [3.8, 4) is 5.75 Å². The van der Waals surface area contributed by atoms with Crippen LogP contribution >= 0.6 is 7.75 Å². The average Bonchev–Trinajstić information content (AvgIpc) is 3.60. The molecule has 1 saturated heterocycles. The zero-order chi connectivity index (χ0) is 27.7. The summed E-state index contributed by atoms with van der Waals surface area (Å²) in [5.41, 5.74) is -2.20. The number of aliphatic hydroxyl groups is 1. The second kappa shape index (κ2) is 10.8. The topological polar surface area (TPSA) is 158 Å². The fourth-order valence-corrected chi connectivity index (χ4v) is 5.75. The van der Waals surface area contributed by atoms with Crippen molar-refractivity contribution in [3.05, 3.63) is 63.4 Å². The van der Waals surface area contributed by atoms with Crippen LogP contribution in [0.1, 0.15) is 46.8 Å². The SMILES string of the molecule is C[C@H](NP(=O)(OC[C@H]1O[C@@H](n2ccc(=O)[nH]c2=O)C2(CC2)[C@@H]1O)Oc1ccccc1)C(=O)OCC(C)(C)C. The van der Waals surface area contributed by atoms with Gasteiger partial charge in [0.05, 0.1) is 19.3 Å². The van der Waals surface area contributed by atoms with Crippen molar-refractivity contribution in [1.82, 2.24) is 14.6 Å². The van der Waals surface area contributed by atoms with E-state index in [4.69, 9.17) is 18.5 Å². The summed E-state index contributed by atoms with van der Waals surface area (Å²) >= 11 is 0. The summed E-state index contributed by atoms with van der Waals surface area (Å²) in [6.07, 6.45) is -0.339. The first-order valence-corrected chi connectivity index (χ1v) is 13.9. The molecule has 0 amide bonds. The molecule has 2 aromatic rings. The summed E-state index contributed by atoms with van der Waals surface area (Å²) in [4.78, 5) is 38.6. The van der Waals surface area contributed by atoms with Gasteiger partial charge in [-0.25, -0.2) is 9.36 Å². The molecule has 1 aromatic heterocycles. The maximum Gasteiger partial charge on any atom is 0.459 e. The number of aromatic nitrogens is 2. The summed E-state index contributed by atoms with van der Waals surface area (Å²) in [5, 5.41) is 13.7. The standard InChI is InChI=1S/C25H34N3O9P/c1-16(21(31)34-15-24(2,3)4)27-38(33,37-17-8-6-5-7-9-17)35-14-18-20(30)25(11-12-25)22(36-18)28-13-10-19(29)26-23(28)32/h5-10,13,16,18,20,22,30H,11-12,14-15H2,1-4H3,(H,27,33)(H,26,29,32)/t16-,18+,20+,22+,38?/m0/s1. The lowest BCUT2D eigenvalue weighted by Crippen LogP contribution is -2.38. The molecule has 1 saturated carbocycles. The van der Waals surface area contributed by atoms with Crippen LogP contribution in [0.25, 0.3) is 0 Å². The Labute approximate surface area is 219 Å². The number of para-hydroxylation sites is 1. The van der Waals surface area contributed by atoms with Gasteiger partial charge in [0, 0.05) is 17.7 Å². The highest BCUT2D eigenvalue weighted by atomic mass is 31.2. The van der Waals surface area contributed by atoms with Gasteiger partial charge in [-0.3, -0.25) is 23.7 Å². The molecular formula is C25H34N3O9P. The van der Waals surface area contributed by atoms with Gasteiger partial charge in [0.1, 0.15) is 24.1 Å². The minimum absolute atomic E-state index is 0.165. The number of carbonyl (C=O) groups is 1. The van der Waals surface area contributed by atoms with Crippen molar-refractivity contribution < 1.29 is 33.0 Å². The second-order valence-corrected chi connectivity index (χ2v) is 12.6. The third-order valence-electron chi connectivity index (χ3n) is 6.40. The normalized spacial score (nSPS) is 24.5. The van der Waals surface area contributed by atoms with Crippen LogP contribution in [0, 0.1) is 10.8 Å². The minimum Gasteiger partial charge on any atom is -0.464 e. The molecular weight excluding hydrogens is 517 g/mol. The van der Waals surface area contributed by atoms with Crippen LogP contribution < -0.4 is 20.9 Å². The van der Waals surface area contributed by atoms with Crippen LogP contribution in [-0.4, -0.2) is 52.1 Å². The Balaban J connectivity index is 1.49. The summed E-state index contributed by atoms with van der Waals surface area (Å²) in [6, 6.07) is 8.46. The molecule has 12 nitrogen and oxygen atoms in total. The molecule has 208 valence electrons. The number of nitrogens with one attached hydrogen (secondary N) is 2. The fourth-order valence-electron chi connectivity index (χ4n) is 4.25. The molecule has 0 radical (unpaired) electrons. The molecule has 1 unspecified atom stereocenters. The molecule has 38 heavy (non-hydrogen) atoms. The highest BCUT2D eigenvalue weighted by molar-refractivity contribution is 7.52. The van der Waals surface area contributed by atoms with Crippen molar-refractivity contribution in [2.75, 3.05) is 13.2 Å². The zero-order valence-electron chi connectivity index (χ0n) is 21.8. The summed E-state index contributed by atoms with van der Waals surface area (Å²) < 4.78 is 37.7. The first-order valence-electron chi connectivity index (χ1n) is 12.4. The first kappa shape index (κ1) is 28.3. The van der Waals surface area contributed by atoms with E-state index >= 15 is 0 Å². The Morgan fingerprint density at radius 1 is 1.26 bits per heavy atom. The molecule has 5 atom stereocenters. The van der Waals surface area contributed by atoms with Gasteiger partial charge in [-0.2, -0.15) is 5.09 Å². The molecule has 2 heterocycles. The summed E-state index contributed by atoms with van der Waals surface area (Å²) in [5.74, 6) is -0.394. The molecule has 1 spiro atoms. The summed E-state index contributed by atoms with van der Waals surface area (Å²) in [6.45, 7) is 7.03. The van der Waals surface area contributed by atoms with E-state index in [1.54, 1.807) is 30.3 Å². The van der Waals surface area contributed by atoms with E-state index in [-0.39, 0.29) is 24.4 Å². The molecule has 0 bridgehead atoms. The predicted octanol–water partition coefficient (Wildman–Crippen LogP) is 2.35. The second-order valence-electron chi connectivity index (χ2n) is 10.9. The van der Waals surface area contributed by atoms with Gasteiger partial charge in [0.25, 0.3) is 5.56 Å². The van der Waals surface area contributed by atoms with Crippen molar-refractivity contribution >= 4 is 13.7 Å². The van der Waals surface area contributed by atoms with Gasteiger partial charge in [-0.15, -0.1) is 0 Å².